The van der Waals surface area contributed by atoms with E-state index in [1.807, 2.05) is 13.8 Å². The van der Waals surface area contributed by atoms with E-state index in [4.69, 9.17) is 0 Å². The third-order valence-corrected chi connectivity index (χ3v) is 4.78. The number of hydrogen-bond acceptors (Lipinski definition) is 6. The zero-order valence-electron chi connectivity index (χ0n) is 14.1. The minimum atomic E-state index is -3.44. The highest BCUT2D eigenvalue weighted by atomic mass is 32.2. The third kappa shape index (κ3) is 3.61. The van der Waals surface area contributed by atoms with Crippen molar-refractivity contribution in [2.45, 2.75) is 31.2 Å². The molecule has 25 heavy (non-hydrogen) atoms. The van der Waals surface area contributed by atoms with Gasteiger partial charge in [-0.05, 0) is 26.0 Å². The Hall–Kier alpha value is -2.54. The van der Waals surface area contributed by atoms with Crippen molar-refractivity contribution in [3.8, 4) is 11.9 Å². The summed E-state index contributed by atoms with van der Waals surface area (Å²) in [6, 6.07) is 4.36. The Balaban J connectivity index is 2.70. The van der Waals surface area contributed by atoms with Gasteiger partial charge in [0.15, 0.2) is 21.5 Å². The predicted molar refractivity (Wildman–Crippen MR) is 87.7 cm³/mol. The number of rotatable bonds is 5. The zero-order valence-corrected chi connectivity index (χ0v) is 14.9. The van der Waals surface area contributed by atoms with Crippen molar-refractivity contribution >= 4 is 15.7 Å². The van der Waals surface area contributed by atoms with Crippen LogP contribution in [-0.2, 0) is 9.84 Å². The van der Waals surface area contributed by atoms with Crippen LogP contribution in [0.2, 0.25) is 0 Å². The van der Waals surface area contributed by atoms with Crippen LogP contribution in [0, 0.1) is 11.3 Å². The van der Waals surface area contributed by atoms with E-state index in [1.54, 1.807) is 18.0 Å². The van der Waals surface area contributed by atoms with Crippen molar-refractivity contribution in [2.75, 3.05) is 18.2 Å². The first-order valence-corrected chi connectivity index (χ1v) is 9.17. The van der Waals surface area contributed by atoms with E-state index in [0.29, 0.717) is 0 Å². The smallest absolute Gasteiger partial charge is 0.283 e. The fraction of sp³-hybridized carbons (Fsp3) is 0.400. The lowest BCUT2D eigenvalue weighted by Crippen LogP contribution is -2.28. The minimum absolute atomic E-state index is 0.00300. The Kier molecular flexibility index (Phi) is 5.08. The molecule has 0 saturated heterocycles. The maximum Gasteiger partial charge on any atom is 0.283 e. The van der Waals surface area contributed by atoms with Gasteiger partial charge in [-0.25, -0.2) is 22.2 Å². The van der Waals surface area contributed by atoms with Gasteiger partial charge in [-0.15, -0.1) is 0 Å². The molecule has 2 aromatic rings. The van der Waals surface area contributed by atoms with Crippen LogP contribution in [0.4, 0.5) is 14.6 Å². The van der Waals surface area contributed by atoms with Crippen molar-refractivity contribution < 1.29 is 17.2 Å². The van der Waals surface area contributed by atoms with Gasteiger partial charge in [0.2, 0.25) is 0 Å². The third-order valence-electron chi connectivity index (χ3n) is 3.68. The highest BCUT2D eigenvalue weighted by Gasteiger charge is 2.28. The number of aromatic nitrogens is 3. The molecular formula is C15H17F2N5O2S. The number of nitrogens with zero attached hydrogens (tertiary/aromatic N) is 5. The van der Waals surface area contributed by atoms with Gasteiger partial charge in [0, 0.05) is 25.5 Å². The van der Waals surface area contributed by atoms with Crippen LogP contribution < -0.4 is 4.90 Å². The van der Waals surface area contributed by atoms with Gasteiger partial charge < -0.3 is 4.90 Å². The van der Waals surface area contributed by atoms with Crippen LogP contribution in [0.5, 0.6) is 0 Å². The van der Waals surface area contributed by atoms with Gasteiger partial charge in [-0.2, -0.15) is 15.0 Å². The summed E-state index contributed by atoms with van der Waals surface area (Å²) in [6.45, 7) is 3.67. The summed E-state index contributed by atoms with van der Waals surface area (Å²) in [7, 11) is -1.79. The molecule has 0 aliphatic heterocycles. The van der Waals surface area contributed by atoms with Crippen molar-refractivity contribution in [1.82, 2.24) is 14.8 Å². The molecule has 0 aliphatic rings. The normalized spacial score (nSPS) is 11.8. The van der Waals surface area contributed by atoms with Crippen LogP contribution in [0.25, 0.3) is 5.82 Å². The molecule has 0 aliphatic carbocycles. The van der Waals surface area contributed by atoms with Crippen molar-refractivity contribution in [1.29, 1.82) is 5.26 Å². The van der Waals surface area contributed by atoms with Crippen LogP contribution >= 0.6 is 0 Å². The summed E-state index contributed by atoms with van der Waals surface area (Å²) in [5, 5.41) is 13.2. The SMILES string of the molecule is CC(C)N(C)c1c(C#N)c(C(F)F)nn1-c1ccc(S(C)(=O)=O)cn1. The molecule has 2 heterocycles. The highest BCUT2D eigenvalue weighted by molar-refractivity contribution is 7.90. The number of anilines is 1. The molecule has 0 atom stereocenters. The fourth-order valence-electron chi connectivity index (χ4n) is 2.13. The van der Waals surface area contributed by atoms with E-state index in [0.717, 1.165) is 17.1 Å². The first-order valence-electron chi connectivity index (χ1n) is 7.28. The van der Waals surface area contributed by atoms with Gasteiger partial charge in [0.1, 0.15) is 17.3 Å². The highest BCUT2D eigenvalue weighted by Crippen LogP contribution is 2.32. The van der Waals surface area contributed by atoms with Crippen LogP contribution in [-0.4, -0.2) is 42.5 Å². The summed E-state index contributed by atoms with van der Waals surface area (Å²) in [6.07, 6.45) is -0.761. The van der Waals surface area contributed by atoms with E-state index in [-0.39, 0.29) is 28.1 Å². The molecule has 2 aromatic heterocycles. The van der Waals surface area contributed by atoms with Gasteiger partial charge in [-0.3, -0.25) is 0 Å². The average molecular weight is 369 g/mol. The second kappa shape index (κ2) is 6.76. The lowest BCUT2D eigenvalue weighted by Gasteiger charge is -2.24. The first kappa shape index (κ1) is 18.8. The molecule has 0 radical (unpaired) electrons. The molecule has 0 fully saturated rings. The molecule has 7 nitrogen and oxygen atoms in total. The maximum atomic E-state index is 13.3. The molecule has 0 amide bonds. The van der Waals surface area contributed by atoms with Crippen LogP contribution in [0.3, 0.4) is 0 Å². The summed E-state index contributed by atoms with van der Waals surface area (Å²) in [5.41, 5.74) is -0.876. The van der Waals surface area contributed by atoms with Gasteiger partial charge in [0.25, 0.3) is 6.43 Å². The van der Waals surface area contributed by atoms with E-state index < -0.39 is 22.0 Å². The van der Waals surface area contributed by atoms with E-state index in [9.17, 15) is 22.5 Å². The van der Waals surface area contributed by atoms with Crippen LogP contribution in [0.1, 0.15) is 31.5 Å². The molecule has 2 rings (SSSR count). The number of sulfone groups is 1. The maximum absolute atomic E-state index is 13.3. The molecule has 134 valence electrons. The molecule has 0 N–H and O–H groups in total. The zero-order chi connectivity index (χ0) is 18.9. The van der Waals surface area contributed by atoms with Gasteiger partial charge in [-0.1, -0.05) is 0 Å². The number of nitriles is 1. The van der Waals surface area contributed by atoms with Crippen molar-refractivity contribution in [2.24, 2.45) is 0 Å². The second-order valence-electron chi connectivity index (χ2n) is 5.74. The van der Waals surface area contributed by atoms with Gasteiger partial charge >= 0.3 is 0 Å². The fourth-order valence-corrected chi connectivity index (χ4v) is 2.69. The minimum Gasteiger partial charge on any atom is -0.356 e. The summed E-state index contributed by atoms with van der Waals surface area (Å²) in [5.74, 6) is 0.311. The summed E-state index contributed by atoms with van der Waals surface area (Å²) >= 11 is 0. The van der Waals surface area contributed by atoms with E-state index in [1.165, 1.54) is 12.1 Å². The Morgan fingerprint density at radius 1 is 1.32 bits per heavy atom. The monoisotopic (exact) mass is 369 g/mol. The molecule has 0 spiro atoms. The Morgan fingerprint density at radius 2 is 1.96 bits per heavy atom. The topological polar surface area (TPSA) is 91.9 Å². The standard InChI is InChI=1S/C15H17F2N5O2S/c1-9(2)21(3)15-11(7-18)13(14(16)17)20-22(15)12-6-5-10(8-19-12)25(4,23)24/h5-6,8-9,14H,1-4H3. The Bertz CT molecular complexity index is 915. The first-order chi connectivity index (χ1) is 11.6. The molecule has 0 bridgehead atoms. The number of pyridine rings is 1. The Morgan fingerprint density at radius 3 is 2.36 bits per heavy atom. The quantitative estimate of drug-likeness (QED) is 0.803. The van der Waals surface area contributed by atoms with E-state index in [2.05, 4.69) is 10.1 Å². The average Bonchev–Trinajstić information content (AvgIpc) is 2.92. The predicted octanol–water partition coefficient (Wildman–Crippen LogP) is 2.32. The lowest BCUT2D eigenvalue weighted by molar-refractivity contribution is 0.145. The second-order valence-corrected chi connectivity index (χ2v) is 7.75. The number of alkyl halides is 2. The molecule has 0 unspecified atom stereocenters. The number of halogens is 2. The largest absolute Gasteiger partial charge is 0.356 e. The molecule has 10 heteroatoms. The summed E-state index contributed by atoms with van der Waals surface area (Å²) in [4.78, 5) is 5.63. The molecular weight excluding hydrogens is 352 g/mol. The summed E-state index contributed by atoms with van der Waals surface area (Å²) < 4.78 is 50.7. The van der Waals surface area contributed by atoms with Crippen molar-refractivity contribution in [3.63, 3.8) is 0 Å². The van der Waals surface area contributed by atoms with Crippen molar-refractivity contribution in [3.05, 3.63) is 29.6 Å². The van der Waals surface area contributed by atoms with Crippen LogP contribution in [0.15, 0.2) is 23.2 Å². The van der Waals surface area contributed by atoms with E-state index >= 15 is 0 Å². The molecule has 0 saturated carbocycles. The Labute approximate surface area is 144 Å². The lowest BCUT2D eigenvalue weighted by atomic mass is 10.2. The number of hydrogen-bond donors (Lipinski definition) is 0. The molecule has 0 aromatic carbocycles. The van der Waals surface area contributed by atoms with Gasteiger partial charge in [0.05, 0.1) is 4.90 Å².